The van der Waals surface area contributed by atoms with Gasteiger partial charge in [-0.25, -0.2) is 0 Å². The van der Waals surface area contributed by atoms with Crippen molar-refractivity contribution >= 4 is 0 Å². The molecule has 0 saturated heterocycles. The molecule has 1 N–H and O–H groups in total. The average Bonchev–Trinajstić information content (AvgIpc) is 2.93. The summed E-state index contributed by atoms with van der Waals surface area (Å²) in [5, 5.41) is 0. The molecule has 2 aliphatic rings. The van der Waals surface area contributed by atoms with E-state index in [1.165, 1.54) is 22.3 Å². The highest BCUT2D eigenvalue weighted by atomic mass is 16.6. The van der Waals surface area contributed by atoms with Crippen LogP contribution in [0.4, 0.5) is 0 Å². The molecule has 0 fully saturated rings. The lowest BCUT2D eigenvalue weighted by Crippen LogP contribution is -2.43. The highest BCUT2D eigenvalue weighted by Gasteiger charge is 2.36. The summed E-state index contributed by atoms with van der Waals surface area (Å²) in [4.78, 5) is 8.60. The van der Waals surface area contributed by atoms with E-state index >= 15 is 0 Å². The van der Waals surface area contributed by atoms with E-state index in [9.17, 15) is 0 Å². The van der Waals surface area contributed by atoms with Gasteiger partial charge in [-0.15, -0.1) is 0 Å². The topological polar surface area (TPSA) is 52.2 Å². The number of hydrogen-bond donors (Lipinski definition) is 1. The summed E-state index contributed by atoms with van der Waals surface area (Å²) >= 11 is 0. The molecule has 3 aromatic carbocycles. The standard InChI is InChI=1S/C31H36N2O4/c1-22-8-7-11-24(18-22)27-20-33-15-14-26-25(12-13-30(35-3)31(26)36-17-16-34-2)29(33)19-28(27)32-37-21-23-9-5-4-6-10-23/h4-13,18-19,27,29,32H,14-17,20-21H2,1-3H3/t27-,29+/m1/s1. The van der Waals surface area contributed by atoms with Crippen molar-refractivity contribution in [1.82, 2.24) is 10.4 Å². The summed E-state index contributed by atoms with van der Waals surface area (Å²) in [6.45, 7) is 5.53. The van der Waals surface area contributed by atoms with Crippen molar-refractivity contribution in [2.24, 2.45) is 0 Å². The molecular formula is C31H36N2O4. The molecule has 6 heteroatoms. The Bertz CT molecular complexity index is 1230. The average molecular weight is 501 g/mol. The van der Waals surface area contributed by atoms with Gasteiger partial charge in [-0.3, -0.25) is 15.2 Å². The van der Waals surface area contributed by atoms with Gasteiger partial charge in [0.05, 0.1) is 26.4 Å². The zero-order valence-corrected chi connectivity index (χ0v) is 21.9. The second kappa shape index (κ2) is 11.8. The van der Waals surface area contributed by atoms with Crippen LogP contribution in [0.15, 0.2) is 78.5 Å². The molecule has 0 unspecified atom stereocenters. The van der Waals surface area contributed by atoms with E-state index in [2.05, 4.69) is 65.8 Å². The normalized spacial score (nSPS) is 18.9. The van der Waals surface area contributed by atoms with Crippen molar-refractivity contribution in [3.05, 3.63) is 106 Å². The zero-order valence-electron chi connectivity index (χ0n) is 21.9. The minimum Gasteiger partial charge on any atom is -0.493 e. The van der Waals surface area contributed by atoms with E-state index in [1.807, 2.05) is 24.3 Å². The number of methoxy groups -OCH3 is 2. The summed E-state index contributed by atoms with van der Waals surface area (Å²) in [6.07, 6.45) is 3.23. The van der Waals surface area contributed by atoms with Gasteiger partial charge in [-0.2, -0.15) is 0 Å². The van der Waals surface area contributed by atoms with Crippen molar-refractivity contribution in [2.75, 3.05) is 40.5 Å². The van der Waals surface area contributed by atoms with Crippen LogP contribution in [0.25, 0.3) is 0 Å². The molecular weight excluding hydrogens is 464 g/mol. The van der Waals surface area contributed by atoms with Gasteiger partial charge >= 0.3 is 0 Å². The molecule has 194 valence electrons. The quantitative estimate of drug-likeness (QED) is 0.300. The fourth-order valence-corrected chi connectivity index (χ4v) is 5.37. The number of ether oxygens (including phenoxy) is 3. The van der Waals surface area contributed by atoms with Crippen LogP contribution < -0.4 is 15.0 Å². The number of hydrogen-bond acceptors (Lipinski definition) is 6. The Kier molecular flexibility index (Phi) is 8.09. The molecule has 2 heterocycles. The maximum atomic E-state index is 6.16. The van der Waals surface area contributed by atoms with Crippen molar-refractivity contribution in [3.8, 4) is 11.5 Å². The Balaban J connectivity index is 1.47. The second-order valence-corrected chi connectivity index (χ2v) is 9.66. The van der Waals surface area contributed by atoms with Gasteiger partial charge in [-0.05, 0) is 42.2 Å². The lowest BCUT2D eigenvalue weighted by Gasteiger charge is -2.43. The predicted octanol–water partition coefficient (Wildman–Crippen LogP) is 5.33. The molecule has 6 nitrogen and oxygen atoms in total. The van der Waals surface area contributed by atoms with Gasteiger partial charge < -0.3 is 14.2 Å². The Morgan fingerprint density at radius 2 is 1.84 bits per heavy atom. The van der Waals surface area contributed by atoms with Gasteiger partial charge in [0.1, 0.15) is 6.61 Å². The first-order valence-corrected chi connectivity index (χ1v) is 12.9. The molecule has 5 rings (SSSR count). The minimum atomic E-state index is 0.128. The largest absolute Gasteiger partial charge is 0.493 e. The highest BCUT2D eigenvalue weighted by molar-refractivity contribution is 5.54. The maximum absolute atomic E-state index is 6.16. The molecule has 0 amide bonds. The summed E-state index contributed by atoms with van der Waals surface area (Å²) in [5.41, 5.74) is 10.6. The number of nitrogens with one attached hydrogen (secondary N) is 1. The van der Waals surface area contributed by atoms with Gasteiger partial charge in [0, 0.05) is 37.4 Å². The second-order valence-electron chi connectivity index (χ2n) is 9.66. The maximum Gasteiger partial charge on any atom is 0.164 e. The van der Waals surface area contributed by atoms with E-state index in [0.717, 1.165) is 42.3 Å². The molecule has 0 saturated carbocycles. The Labute approximate surface area is 219 Å². The van der Waals surface area contributed by atoms with Crippen LogP contribution in [-0.4, -0.2) is 45.4 Å². The van der Waals surface area contributed by atoms with Crippen LogP contribution in [0.2, 0.25) is 0 Å². The van der Waals surface area contributed by atoms with E-state index in [4.69, 9.17) is 19.0 Å². The number of benzene rings is 3. The summed E-state index contributed by atoms with van der Waals surface area (Å²) in [5.74, 6) is 1.80. The first-order valence-electron chi connectivity index (χ1n) is 12.9. The smallest absolute Gasteiger partial charge is 0.164 e. The predicted molar refractivity (Wildman–Crippen MR) is 145 cm³/mol. The van der Waals surface area contributed by atoms with Gasteiger partial charge in [0.2, 0.25) is 0 Å². The van der Waals surface area contributed by atoms with Crippen LogP contribution in [-0.2, 0) is 22.6 Å². The minimum absolute atomic E-state index is 0.128. The molecule has 0 bridgehead atoms. The zero-order chi connectivity index (χ0) is 25.6. The van der Waals surface area contributed by atoms with E-state index in [-0.39, 0.29) is 12.0 Å². The molecule has 0 aliphatic carbocycles. The summed E-state index contributed by atoms with van der Waals surface area (Å²) in [6, 6.07) is 23.3. The van der Waals surface area contributed by atoms with Gasteiger partial charge in [-0.1, -0.05) is 66.2 Å². The number of fused-ring (bicyclic) bond motifs is 3. The number of nitrogens with zero attached hydrogens (tertiary/aromatic N) is 1. The molecule has 0 spiro atoms. The van der Waals surface area contributed by atoms with E-state index in [0.29, 0.717) is 19.8 Å². The lowest BCUT2D eigenvalue weighted by atomic mass is 9.83. The Hall–Kier alpha value is -3.32. The van der Waals surface area contributed by atoms with Crippen LogP contribution in [0.5, 0.6) is 11.5 Å². The van der Waals surface area contributed by atoms with E-state index in [1.54, 1.807) is 14.2 Å². The number of hydroxylamine groups is 1. The molecule has 0 aromatic heterocycles. The van der Waals surface area contributed by atoms with Crippen LogP contribution in [0.3, 0.4) is 0 Å². The molecule has 2 atom stereocenters. The first-order chi connectivity index (χ1) is 18.2. The molecule has 2 aliphatic heterocycles. The fourth-order valence-electron chi connectivity index (χ4n) is 5.37. The van der Waals surface area contributed by atoms with Crippen molar-refractivity contribution < 1.29 is 19.0 Å². The Morgan fingerprint density at radius 3 is 2.62 bits per heavy atom. The van der Waals surface area contributed by atoms with Crippen LogP contribution in [0.1, 0.15) is 39.8 Å². The van der Waals surface area contributed by atoms with Gasteiger partial charge in [0.15, 0.2) is 11.5 Å². The monoisotopic (exact) mass is 500 g/mol. The van der Waals surface area contributed by atoms with Crippen LogP contribution in [0, 0.1) is 6.92 Å². The van der Waals surface area contributed by atoms with Crippen LogP contribution >= 0.6 is 0 Å². The molecule has 0 radical (unpaired) electrons. The molecule has 37 heavy (non-hydrogen) atoms. The SMILES string of the molecule is COCCOc1c(OC)ccc2c1CCN1C[C@H](c3cccc(C)c3)C(NOCc3ccccc3)=C[C@@H]21. The fraction of sp³-hybridized carbons (Fsp3) is 0.355. The molecule has 3 aromatic rings. The van der Waals surface area contributed by atoms with Crippen molar-refractivity contribution in [2.45, 2.75) is 31.9 Å². The number of aryl methyl sites for hydroxylation is 1. The van der Waals surface area contributed by atoms with E-state index < -0.39 is 0 Å². The summed E-state index contributed by atoms with van der Waals surface area (Å²) < 4.78 is 17.0. The Morgan fingerprint density at radius 1 is 0.973 bits per heavy atom. The lowest BCUT2D eigenvalue weighted by molar-refractivity contribution is 0.0386. The third-order valence-corrected chi connectivity index (χ3v) is 7.22. The third-order valence-electron chi connectivity index (χ3n) is 7.22. The van der Waals surface area contributed by atoms with Gasteiger partial charge in [0.25, 0.3) is 0 Å². The summed E-state index contributed by atoms with van der Waals surface area (Å²) in [7, 11) is 3.38. The first kappa shape index (κ1) is 25.3. The number of rotatable bonds is 10. The van der Waals surface area contributed by atoms with Crippen molar-refractivity contribution in [1.29, 1.82) is 0 Å². The third kappa shape index (κ3) is 5.67. The van der Waals surface area contributed by atoms with Crippen molar-refractivity contribution in [3.63, 3.8) is 0 Å². The highest BCUT2D eigenvalue weighted by Crippen LogP contribution is 2.45.